The number of rotatable bonds is 3. The predicted octanol–water partition coefficient (Wildman–Crippen LogP) is 4.25. The average Bonchev–Trinajstić information content (AvgIpc) is 2.96. The van der Waals surface area contributed by atoms with Gasteiger partial charge in [-0.25, -0.2) is 0 Å². The summed E-state index contributed by atoms with van der Waals surface area (Å²) in [6.45, 7) is 4.76. The third-order valence-corrected chi connectivity index (χ3v) is 4.54. The minimum atomic E-state index is 1.09. The monoisotopic (exact) mass is 180 g/mol. The number of hydrogen-bond donors (Lipinski definition) is 0. The molecule has 2 aliphatic carbocycles. The van der Waals surface area contributed by atoms with E-state index in [1.54, 1.807) is 12.8 Å². The molecule has 2 rings (SSSR count). The maximum absolute atomic E-state index is 2.40. The molecule has 0 aromatic heterocycles. The van der Waals surface area contributed by atoms with Gasteiger partial charge in [0, 0.05) is 0 Å². The molecule has 2 saturated carbocycles. The lowest BCUT2D eigenvalue weighted by Crippen LogP contribution is -2.21. The Balaban J connectivity index is 1.88. The summed E-state index contributed by atoms with van der Waals surface area (Å²) < 4.78 is 0. The first-order chi connectivity index (χ1) is 6.36. The van der Waals surface area contributed by atoms with Crippen LogP contribution >= 0.6 is 0 Å². The molecule has 76 valence electrons. The molecule has 13 heavy (non-hydrogen) atoms. The van der Waals surface area contributed by atoms with E-state index in [0.717, 1.165) is 23.7 Å². The second kappa shape index (κ2) is 4.02. The van der Waals surface area contributed by atoms with Gasteiger partial charge in [0.1, 0.15) is 0 Å². The van der Waals surface area contributed by atoms with Crippen LogP contribution in [0.2, 0.25) is 0 Å². The van der Waals surface area contributed by atoms with E-state index in [1.165, 1.54) is 32.1 Å². The zero-order chi connectivity index (χ0) is 9.26. The molecule has 0 aliphatic heterocycles. The average molecular weight is 180 g/mol. The van der Waals surface area contributed by atoms with Crippen LogP contribution in [0, 0.1) is 23.7 Å². The van der Waals surface area contributed by atoms with Gasteiger partial charge in [0.2, 0.25) is 0 Å². The van der Waals surface area contributed by atoms with Crippen molar-refractivity contribution in [2.75, 3.05) is 0 Å². The molecule has 4 unspecified atom stereocenters. The Kier molecular flexibility index (Phi) is 2.96. The van der Waals surface area contributed by atoms with E-state index < -0.39 is 0 Å². The van der Waals surface area contributed by atoms with Crippen LogP contribution in [0.25, 0.3) is 0 Å². The van der Waals surface area contributed by atoms with E-state index >= 15 is 0 Å². The van der Waals surface area contributed by atoms with E-state index in [4.69, 9.17) is 0 Å². The van der Waals surface area contributed by atoms with Crippen LogP contribution in [0.1, 0.15) is 58.8 Å². The van der Waals surface area contributed by atoms with Crippen molar-refractivity contribution in [2.24, 2.45) is 23.7 Å². The van der Waals surface area contributed by atoms with Crippen molar-refractivity contribution in [1.82, 2.24) is 0 Å². The van der Waals surface area contributed by atoms with Crippen LogP contribution in [0.3, 0.4) is 0 Å². The van der Waals surface area contributed by atoms with Crippen LogP contribution in [-0.4, -0.2) is 0 Å². The molecule has 2 fully saturated rings. The van der Waals surface area contributed by atoms with Crippen molar-refractivity contribution in [2.45, 2.75) is 58.8 Å². The van der Waals surface area contributed by atoms with Crippen molar-refractivity contribution >= 4 is 0 Å². The molecule has 0 radical (unpaired) electrons. The topological polar surface area (TPSA) is 0 Å². The second-order valence-electron chi connectivity index (χ2n) is 5.18. The summed E-state index contributed by atoms with van der Waals surface area (Å²) in [5, 5.41) is 0. The molecule has 0 N–H and O–H groups in total. The molecule has 0 amide bonds. The van der Waals surface area contributed by atoms with Crippen LogP contribution in [-0.2, 0) is 0 Å². The van der Waals surface area contributed by atoms with Gasteiger partial charge in [-0.15, -0.1) is 0 Å². The molecular formula is C13H24. The smallest absolute Gasteiger partial charge is 0.0352 e. The molecule has 2 aliphatic rings. The van der Waals surface area contributed by atoms with Crippen LogP contribution in [0.5, 0.6) is 0 Å². The standard InChI is InChI=1S/C13H24/c1-3-10-7-5-6-8-12(10)13-9-11(13)4-2/h10-13H,3-9H2,1-2H3. The summed E-state index contributed by atoms with van der Waals surface area (Å²) in [5.74, 6) is 4.49. The van der Waals surface area contributed by atoms with Crippen LogP contribution < -0.4 is 0 Å². The van der Waals surface area contributed by atoms with Crippen molar-refractivity contribution < 1.29 is 0 Å². The first kappa shape index (κ1) is 9.55. The Morgan fingerprint density at radius 1 is 0.846 bits per heavy atom. The second-order valence-corrected chi connectivity index (χ2v) is 5.18. The van der Waals surface area contributed by atoms with Crippen LogP contribution in [0.4, 0.5) is 0 Å². The van der Waals surface area contributed by atoms with E-state index in [0.29, 0.717) is 0 Å². The maximum atomic E-state index is 2.40. The zero-order valence-corrected chi connectivity index (χ0v) is 9.26. The highest BCUT2D eigenvalue weighted by Crippen LogP contribution is 2.53. The fourth-order valence-electron chi connectivity index (χ4n) is 3.57. The van der Waals surface area contributed by atoms with Crippen LogP contribution in [0.15, 0.2) is 0 Å². The molecule has 0 nitrogen and oxygen atoms in total. The Morgan fingerprint density at radius 2 is 1.54 bits per heavy atom. The van der Waals surface area contributed by atoms with Gasteiger partial charge in [-0.05, 0) is 36.5 Å². The lowest BCUT2D eigenvalue weighted by atomic mass is 9.75. The van der Waals surface area contributed by atoms with Gasteiger partial charge in [-0.2, -0.15) is 0 Å². The van der Waals surface area contributed by atoms with Crippen molar-refractivity contribution in [3.63, 3.8) is 0 Å². The molecular weight excluding hydrogens is 156 g/mol. The normalized spacial score (nSPS) is 44.8. The minimum absolute atomic E-state index is 1.09. The molecule has 0 heteroatoms. The highest BCUT2D eigenvalue weighted by molar-refractivity contribution is 4.93. The van der Waals surface area contributed by atoms with Gasteiger partial charge >= 0.3 is 0 Å². The quantitative estimate of drug-likeness (QED) is 0.609. The Labute approximate surface area is 83.1 Å². The zero-order valence-electron chi connectivity index (χ0n) is 9.26. The van der Waals surface area contributed by atoms with E-state index in [9.17, 15) is 0 Å². The first-order valence-electron chi connectivity index (χ1n) is 6.36. The van der Waals surface area contributed by atoms with Gasteiger partial charge in [-0.1, -0.05) is 46.0 Å². The molecule has 0 heterocycles. The van der Waals surface area contributed by atoms with Crippen molar-refractivity contribution in [3.8, 4) is 0 Å². The number of hydrogen-bond acceptors (Lipinski definition) is 0. The summed E-state index contributed by atoms with van der Waals surface area (Å²) >= 11 is 0. The molecule has 0 saturated heterocycles. The van der Waals surface area contributed by atoms with Crippen molar-refractivity contribution in [1.29, 1.82) is 0 Å². The summed E-state index contributed by atoms with van der Waals surface area (Å²) in [6.07, 6.45) is 10.6. The summed E-state index contributed by atoms with van der Waals surface area (Å²) in [6, 6.07) is 0. The van der Waals surface area contributed by atoms with Gasteiger partial charge < -0.3 is 0 Å². The lowest BCUT2D eigenvalue weighted by Gasteiger charge is -2.31. The Bertz CT molecular complexity index is 161. The highest BCUT2D eigenvalue weighted by atomic mass is 14.5. The molecule has 0 aromatic carbocycles. The van der Waals surface area contributed by atoms with E-state index in [1.807, 2.05) is 0 Å². The summed E-state index contributed by atoms with van der Waals surface area (Å²) in [5.41, 5.74) is 0. The fourth-order valence-corrected chi connectivity index (χ4v) is 3.57. The van der Waals surface area contributed by atoms with Gasteiger partial charge in [0.25, 0.3) is 0 Å². The first-order valence-corrected chi connectivity index (χ1v) is 6.36. The summed E-state index contributed by atoms with van der Waals surface area (Å²) in [7, 11) is 0. The van der Waals surface area contributed by atoms with Gasteiger partial charge in [-0.3, -0.25) is 0 Å². The van der Waals surface area contributed by atoms with E-state index in [2.05, 4.69) is 13.8 Å². The van der Waals surface area contributed by atoms with Crippen molar-refractivity contribution in [3.05, 3.63) is 0 Å². The Hall–Kier alpha value is 0. The lowest BCUT2D eigenvalue weighted by molar-refractivity contribution is 0.196. The largest absolute Gasteiger partial charge is 0.0651 e. The minimum Gasteiger partial charge on any atom is -0.0651 e. The van der Waals surface area contributed by atoms with Gasteiger partial charge in [0.15, 0.2) is 0 Å². The van der Waals surface area contributed by atoms with Gasteiger partial charge in [0.05, 0.1) is 0 Å². The molecule has 0 aromatic rings. The Morgan fingerprint density at radius 3 is 2.15 bits per heavy atom. The molecule has 0 spiro atoms. The molecule has 0 bridgehead atoms. The highest BCUT2D eigenvalue weighted by Gasteiger charge is 2.44. The third kappa shape index (κ3) is 1.92. The SMILES string of the molecule is CCC1CCCCC1C1CC1CC. The third-order valence-electron chi connectivity index (χ3n) is 4.54. The summed E-state index contributed by atoms with van der Waals surface area (Å²) in [4.78, 5) is 0. The maximum Gasteiger partial charge on any atom is -0.0352 e. The predicted molar refractivity (Wildman–Crippen MR) is 57.6 cm³/mol. The fraction of sp³-hybridized carbons (Fsp3) is 1.00. The molecule has 4 atom stereocenters. The van der Waals surface area contributed by atoms with E-state index in [-0.39, 0.29) is 0 Å².